The van der Waals surface area contributed by atoms with E-state index in [-0.39, 0.29) is 11.9 Å². The Kier molecular flexibility index (Phi) is 12.5. The van der Waals surface area contributed by atoms with Crippen LogP contribution in [0.1, 0.15) is 41.4 Å². The van der Waals surface area contributed by atoms with E-state index in [1.54, 1.807) is 54.4 Å². The Labute approximate surface area is 331 Å². The average molecular weight is 770 g/mol. The highest BCUT2D eigenvalue weighted by Gasteiger charge is 2.17. The molecule has 14 heteroatoms. The van der Waals surface area contributed by atoms with E-state index in [2.05, 4.69) is 43.1 Å². The van der Waals surface area contributed by atoms with Crippen LogP contribution in [0.15, 0.2) is 97.2 Å². The molecule has 0 bridgehead atoms. The van der Waals surface area contributed by atoms with Crippen LogP contribution in [-0.2, 0) is 11.2 Å². The number of carbonyl (C=O) groups is 2. The first-order chi connectivity index (χ1) is 27.8. The van der Waals surface area contributed by atoms with Gasteiger partial charge in [0.2, 0.25) is 11.8 Å². The normalized spacial score (nSPS) is 12.9. The number of methoxy groups -OCH3 is 1. The lowest BCUT2D eigenvalue weighted by molar-refractivity contribution is 0.0383. The zero-order valence-electron chi connectivity index (χ0n) is 32.4. The third-order valence-corrected chi connectivity index (χ3v) is 9.52. The van der Waals surface area contributed by atoms with Gasteiger partial charge in [0.05, 0.1) is 37.4 Å². The number of hydrogen-bond donors (Lipinski definition) is 4. The highest BCUT2D eigenvalue weighted by Crippen LogP contribution is 2.34. The number of unbranched alkanes of at least 4 members (excludes halogenated alkanes) is 1. The smallest absolute Gasteiger partial charge is 0.324 e. The predicted molar refractivity (Wildman–Crippen MR) is 221 cm³/mol. The molecule has 4 aromatic carbocycles. The SMILES string of the molecule is CCCCc1cc(NC(=O)Nc2ccc(Oc3ccnc(Nc4cc(OC)cc(C(=O)NCCN5CCOCC5)c4)n3)c3ccccc23)n(-c2ccc(C)cc2)n1. The number of urea groups is 1. The molecule has 2 aromatic heterocycles. The summed E-state index contributed by atoms with van der Waals surface area (Å²) in [5.41, 5.74) is 4.53. The van der Waals surface area contributed by atoms with E-state index in [4.69, 9.17) is 19.3 Å². The molecule has 1 saturated heterocycles. The molecule has 1 aliphatic heterocycles. The predicted octanol–water partition coefficient (Wildman–Crippen LogP) is 7.72. The van der Waals surface area contributed by atoms with Gasteiger partial charge in [-0.2, -0.15) is 10.1 Å². The van der Waals surface area contributed by atoms with Gasteiger partial charge in [0.15, 0.2) is 0 Å². The summed E-state index contributed by atoms with van der Waals surface area (Å²) >= 11 is 0. The van der Waals surface area contributed by atoms with Crippen molar-refractivity contribution in [3.05, 3.63) is 114 Å². The molecular formula is C43H47N9O5. The minimum Gasteiger partial charge on any atom is -0.497 e. The van der Waals surface area contributed by atoms with E-state index < -0.39 is 6.03 Å². The van der Waals surface area contributed by atoms with Crippen LogP contribution in [0.5, 0.6) is 17.4 Å². The van der Waals surface area contributed by atoms with Gasteiger partial charge >= 0.3 is 6.03 Å². The van der Waals surface area contributed by atoms with Gasteiger partial charge in [0, 0.05) is 72.6 Å². The summed E-state index contributed by atoms with van der Waals surface area (Å²) in [6.45, 7) is 8.56. The first-order valence-corrected chi connectivity index (χ1v) is 19.2. The minimum atomic E-state index is -0.401. The maximum atomic E-state index is 13.5. The van der Waals surface area contributed by atoms with Crippen molar-refractivity contribution in [3.63, 3.8) is 0 Å². The first kappa shape index (κ1) is 38.8. The van der Waals surface area contributed by atoms with Crippen molar-refractivity contribution < 1.29 is 23.8 Å². The van der Waals surface area contributed by atoms with E-state index in [0.29, 0.717) is 59.9 Å². The van der Waals surface area contributed by atoms with Crippen molar-refractivity contribution in [1.29, 1.82) is 0 Å². The zero-order valence-corrected chi connectivity index (χ0v) is 32.4. The first-order valence-electron chi connectivity index (χ1n) is 19.2. The second-order valence-electron chi connectivity index (χ2n) is 13.7. The van der Waals surface area contributed by atoms with E-state index in [0.717, 1.165) is 66.6 Å². The van der Waals surface area contributed by atoms with Crippen molar-refractivity contribution in [3.8, 4) is 23.1 Å². The Bertz CT molecular complexity index is 2320. The summed E-state index contributed by atoms with van der Waals surface area (Å²) in [6, 6.07) is 27.6. The highest BCUT2D eigenvalue weighted by atomic mass is 16.5. The highest BCUT2D eigenvalue weighted by molar-refractivity contribution is 6.07. The largest absolute Gasteiger partial charge is 0.497 e. The number of morpholine rings is 1. The number of ether oxygens (including phenoxy) is 3. The molecule has 4 N–H and O–H groups in total. The number of nitrogens with one attached hydrogen (secondary N) is 4. The number of carbonyl (C=O) groups excluding carboxylic acids is 2. The van der Waals surface area contributed by atoms with Gasteiger partial charge in [0.25, 0.3) is 5.91 Å². The van der Waals surface area contributed by atoms with Gasteiger partial charge < -0.3 is 30.2 Å². The topological polar surface area (TPSA) is 157 Å². The summed E-state index contributed by atoms with van der Waals surface area (Å²) in [4.78, 5) is 37.8. The molecule has 0 unspecified atom stereocenters. The number of hydrogen-bond acceptors (Lipinski definition) is 10. The van der Waals surface area contributed by atoms with Crippen molar-refractivity contribution in [2.24, 2.45) is 0 Å². The van der Waals surface area contributed by atoms with Crippen LogP contribution in [0, 0.1) is 6.92 Å². The number of nitrogens with zero attached hydrogens (tertiary/aromatic N) is 5. The van der Waals surface area contributed by atoms with Crippen molar-refractivity contribution in [2.75, 3.05) is 62.5 Å². The fourth-order valence-electron chi connectivity index (χ4n) is 6.50. The monoisotopic (exact) mass is 769 g/mol. The molecule has 0 saturated carbocycles. The molecule has 14 nitrogen and oxygen atoms in total. The number of aryl methyl sites for hydroxylation is 2. The van der Waals surface area contributed by atoms with Gasteiger partial charge in [-0.1, -0.05) is 55.3 Å². The molecule has 6 aromatic rings. The van der Waals surface area contributed by atoms with Crippen LogP contribution < -0.4 is 30.7 Å². The van der Waals surface area contributed by atoms with E-state index in [1.165, 1.54) is 0 Å². The van der Waals surface area contributed by atoms with Crippen LogP contribution in [0.3, 0.4) is 0 Å². The lowest BCUT2D eigenvalue weighted by Gasteiger charge is -2.26. The number of benzene rings is 4. The number of anilines is 4. The summed E-state index contributed by atoms with van der Waals surface area (Å²) < 4.78 is 19.0. The molecule has 0 spiro atoms. The maximum absolute atomic E-state index is 13.5. The fourth-order valence-corrected chi connectivity index (χ4v) is 6.50. The molecule has 294 valence electrons. The Morgan fingerprint density at radius 3 is 2.51 bits per heavy atom. The Morgan fingerprint density at radius 1 is 0.912 bits per heavy atom. The third kappa shape index (κ3) is 10.0. The Hall–Kier alpha value is -6.51. The van der Waals surface area contributed by atoms with Crippen LogP contribution >= 0.6 is 0 Å². The number of aromatic nitrogens is 4. The average Bonchev–Trinajstić information content (AvgIpc) is 3.63. The van der Waals surface area contributed by atoms with Gasteiger partial charge in [0.1, 0.15) is 17.3 Å². The van der Waals surface area contributed by atoms with E-state index in [9.17, 15) is 9.59 Å². The lowest BCUT2D eigenvalue weighted by Crippen LogP contribution is -2.41. The third-order valence-electron chi connectivity index (χ3n) is 9.52. The molecule has 0 aliphatic carbocycles. The van der Waals surface area contributed by atoms with E-state index in [1.807, 2.05) is 61.5 Å². The second-order valence-corrected chi connectivity index (χ2v) is 13.7. The van der Waals surface area contributed by atoms with Crippen LogP contribution in [0.25, 0.3) is 16.5 Å². The second kappa shape index (κ2) is 18.4. The quantitative estimate of drug-likeness (QED) is 0.0816. The molecule has 3 heterocycles. The molecule has 57 heavy (non-hydrogen) atoms. The summed E-state index contributed by atoms with van der Waals surface area (Å²) in [7, 11) is 1.55. The van der Waals surface area contributed by atoms with Crippen LogP contribution in [0.4, 0.5) is 27.9 Å². The zero-order chi connectivity index (χ0) is 39.6. The van der Waals surface area contributed by atoms with Gasteiger partial charge in [-0.25, -0.2) is 14.5 Å². The maximum Gasteiger partial charge on any atom is 0.324 e. The van der Waals surface area contributed by atoms with E-state index >= 15 is 0 Å². The lowest BCUT2D eigenvalue weighted by atomic mass is 10.1. The van der Waals surface area contributed by atoms with Crippen LogP contribution in [-0.4, -0.2) is 83.1 Å². The van der Waals surface area contributed by atoms with Gasteiger partial charge in [-0.05, 0) is 56.2 Å². The Balaban J connectivity index is 1.04. The molecular weight excluding hydrogens is 723 g/mol. The number of amides is 3. The fraction of sp³-hybridized carbons (Fsp3) is 0.279. The van der Waals surface area contributed by atoms with Crippen LogP contribution in [0.2, 0.25) is 0 Å². The number of fused-ring (bicyclic) bond motifs is 1. The molecule has 3 amide bonds. The Morgan fingerprint density at radius 2 is 1.72 bits per heavy atom. The van der Waals surface area contributed by atoms with Crippen molar-refractivity contribution in [2.45, 2.75) is 33.1 Å². The molecule has 7 rings (SSSR count). The van der Waals surface area contributed by atoms with Gasteiger partial charge in [-0.3, -0.25) is 15.0 Å². The number of rotatable bonds is 15. The summed E-state index contributed by atoms with van der Waals surface area (Å²) in [5.74, 6) is 1.97. The molecule has 1 fully saturated rings. The van der Waals surface area contributed by atoms with Crippen molar-refractivity contribution >= 4 is 45.9 Å². The molecule has 1 aliphatic rings. The summed E-state index contributed by atoms with van der Waals surface area (Å²) in [6.07, 6.45) is 4.45. The van der Waals surface area contributed by atoms with Crippen molar-refractivity contribution in [1.82, 2.24) is 30.0 Å². The molecule has 0 atom stereocenters. The molecule has 0 radical (unpaired) electrons. The minimum absolute atomic E-state index is 0.212. The summed E-state index contributed by atoms with van der Waals surface area (Å²) in [5, 5.41) is 18.6. The van der Waals surface area contributed by atoms with Gasteiger partial charge in [-0.15, -0.1) is 0 Å². The standard InChI is InChI=1S/C43H47N9O5/c1-4-5-8-31-28-39(52(50-31)33-13-11-29(2)12-14-33)48-43(54)47-37-15-16-38(36-10-7-6-9-35(36)37)57-40-17-18-45-42(49-40)46-32-25-30(26-34(27-32)55-3)41(53)44-19-20-51-21-23-56-24-22-51/h6-7,9-18,25-28H,4-5,8,19-24H2,1-3H3,(H,44,53)(H,45,46,49)(H2,47,48,54).